The highest BCUT2D eigenvalue weighted by Crippen LogP contribution is 2.19. The van der Waals surface area contributed by atoms with E-state index in [0.29, 0.717) is 0 Å². The monoisotopic (exact) mass is 228 g/mol. The molecule has 0 bridgehead atoms. The molecule has 0 saturated carbocycles. The molecule has 0 aliphatic heterocycles. The molecule has 0 amide bonds. The van der Waals surface area contributed by atoms with Crippen LogP contribution in [0.2, 0.25) is 0 Å². The molecule has 0 fully saturated rings. The summed E-state index contributed by atoms with van der Waals surface area (Å²) in [5, 5.41) is 4.06. The molecule has 2 aromatic heterocycles. The van der Waals surface area contributed by atoms with Crippen molar-refractivity contribution in [1.82, 2.24) is 9.61 Å². The van der Waals surface area contributed by atoms with Crippen molar-refractivity contribution in [3.8, 4) is 0 Å². The van der Waals surface area contributed by atoms with Gasteiger partial charge in [0.1, 0.15) is 5.82 Å². The van der Waals surface area contributed by atoms with Gasteiger partial charge >= 0.3 is 0 Å². The van der Waals surface area contributed by atoms with Crippen LogP contribution in [0.5, 0.6) is 0 Å². The lowest BCUT2D eigenvalue weighted by molar-refractivity contribution is 0.623. The zero-order chi connectivity index (χ0) is 8.72. The standard InChI is InChI=1S/C8H6BrFN2/c1-5-2-6(10)3-8-7(9)4-11-12(5)8/h2-4H,1H3. The predicted molar refractivity (Wildman–Crippen MR) is 47.6 cm³/mol. The highest BCUT2D eigenvalue weighted by atomic mass is 79.9. The summed E-state index contributed by atoms with van der Waals surface area (Å²) in [6, 6.07) is 2.90. The second-order valence-electron chi connectivity index (χ2n) is 2.60. The van der Waals surface area contributed by atoms with Crippen LogP contribution in [0.1, 0.15) is 5.69 Å². The summed E-state index contributed by atoms with van der Waals surface area (Å²) in [5.41, 5.74) is 1.54. The van der Waals surface area contributed by atoms with Crippen LogP contribution < -0.4 is 0 Å². The van der Waals surface area contributed by atoms with E-state index in [4.69, 9.17) is 0 Å². The molecule has 62 valence electrons. The predicted octanol–water partition coefficient (Wildman–Crippen LogP) is 2.54. The summed E-state index contributed by atoms with van der Waals surface area (Å²) >= 11 is 3.29. The lowest BCUT2D eigenvalue weighted by Crippen LogP contribution is -1.93. The van der Waals surface area contributed by atoms with E-state index in [1.807, 2.05) is 6.92 Å². The summed E-state index contributed by atoms with van der Waals surface area (Å²) in [5.74, 6) is -0.235. The third-order valence-corrected chi connectivity index (χ3v) is 2.33. The van der Waals surface area contributed by atoms with Crippen molar-refractivity contribution in [3.05, 3.63) is 34.3 Å². The Morgan fingerprint density at radius 1 is 1.50 bits per heavy atom. The van der Waals surface area contributed by atoms with Crippen molar-refractivity contribution in [2.75, 3.05) is 0 Å². The van der Waals surface area contributed by atoms with E-state index < -0.39 is 0 Å². The van der Waals surface area contributed by atoms with E-state index in [-0.39, 0.29) is 5.82 Å². The highest BCUT2D eigenvalue weighted by Gasteiger charge is 2.04. The van der Waals surface area contributed by atoms with Crippen LogP contribution in [0.3, 0.4) is 0 Å². The molecule has 2 aromatic rings. The zero-order valence-corrected chi connectivity index (χ0v) is 7.97. The van der Waals surface area contributed by atoms with E-state index in [2.05, 4.69) is 21.0 Å². The Kier molecular flexibility index (Phi) is 1.65. The van der Waals surface area contributed by atoms with Crippen LogP contribution in [0, 0.1) is 12.7 Å². The van der Waals surface area contributed by atoms with E-state index in [1.54, 1.807) is 10.7 Å². The normalized spacial score (nSPS) is 10.9. The quantitative estimate of drug-likeness (QED) is 0.678. The molecule has 2 heterocycles. The van der Waals surface area contributed by atoms with Crippen molar-refractivity contribution in [2.45, 2.75) is 6.92 Å². The topological polar surface area (TPSA) is 17.3 Å². The molecule has 0 aliphatic rings. The molecule has 0 saturated heterocycles. The molecular formula is C8H6BrFN2. The Bertz CT molecular complexity index is 436. The molecule has 0 aliphatic carbocycles. The van der Waals surface area contributed by atoms with Crippen LogP contribution in [0.25, 0.3) is 5.52 Å². The van der Waals surface area contributed by atoms with Gasteiger partial charge in [0.15, 0.2) is 0 Å². The lowest BCUT2D eigenvalue weighted by atomic mass is 10.3. The molecule has 0 aromatic carbocycles. The maximum absolute atomic E-state index is 12.9. The summed E-state index contributed by atoms with van der Waals surface area (Å²) in [6.45, 7) is 1.82. The number of fused-ring (bicyclic) bond motifs is 1. The first-order chi connectivity index (χ1) is 5.68. The van der Waals surface area contributed by atoms with Crippen molar-refractivity contribution in [1.29, 1.82) is 0 Å². The molecule has 0 unspecified atom stereocenters. The number of halogens is 2. The van der Waals surface area contributed by atoms with Crippen LogP contribution >= 0.6 is 15.9 Å². The Morgan fingerprint density at radius 3 is 3.00 bits per heavy atom. The maximum atomic E-state index is 12.9. The van der Waals surface area contributed by atoms with Crippen LogP contribution in [-0.2, 0) is 0 Å². The number of aryl methyl sites for hydroxylation is 1. The maximum Gasteiger partial charge on any atom is 0.127 e. The number of hydrogen-bond donors (Lipinski definition) is 0. The molecule has 0 radical (unpaired) electrons. The van der Waals surface area contributed by atoms with Gasteiger partial charge in [-0.25, -0.2) is 8.91 Å². The van der Waals surface area contributed by atoms with Gasteiger partial charge in [0.25, 0.3) is 0 Å². The minimum absolute atomic E-state index is 0.235. The third kappa shape index (κ3) is 1.03. The molecule has 12 heavy (non-hydrogen) atoms. The lowest BCUT2D eigenvalue weighted by Gasteiger charge is -1.98. The first kappa shape index (κ1) is 7.73. The smallest absolute Gasteiger partial charge is 0.127 e. The van der Waals surface area contributed by atoms with Crippen LogP contribution in [0.15, 0.2) is 22.8 Å². The van der Waals surface area contributed by atoms with Crippen molar-refractivity contribution >= 4 is 21.4 Å². The molecule has 0 spiro atoms. The summed E-state index contributed by atoms with van der Waals surface area (Å²) in [6.07, 6.45) is 1.65. The largest absolute Gasteiger partial charge is 0.237 e. The molecule has 0 N–H and O–H groups in total. The molecular weight excluding hydrogens is 223 g/mol. The fourth-order valence-corrected chi connectivity index (χ4v) is 1.56. The SMILES string of the molecule is Cc1cc(F)cc2c(Br)cnn12. The third-order valence-electron chi connectivity index (χ3n) is 1.71. The first-order valence-electron chi connectivity index (χ1n) is 3.48. The Balaban J connectivity index is 2.92. The van der Waals surface area contributed by atoms with Crippen molar-refractivity contribution < 1.29 is 4.39 Å². The number of rotatable bonds is 0. The van der Waals surface area contributed by atoms with Gasteiger partial charge in [-0.1, -0.05) is 0 Å². The van der Waals surface area contributed by atoms with Crippen LogP contribution in [-0.4, -0.2) is 9.61 Å². The second kappa shape index (κ2) is 2.55. The van der Waals surface area contributed by atoms with Gasteiger partial charge in [-0.15, -0.1) is 0 Å². The van der Waals surface area contributed by atoms with Crippen LogP contribution in [0.4, 0.5) is 4.39 Å². The number of hydrogen-bond acceptors (Lipinski definition) is 1. The summed E-state index contributed by atoms with van der Waals surface area (Å²) in [7, 11) is 0. The van der Waals surface area contributed by atoms with Crippen molar-refractivity contribution in [2.24, 2.45) is 0 Å². The second-order valence-corrected chi connectivity index (χ2v) is 3.46. The highest BCUT2D eigenvalue weighted by molar-refractivity contribution is 9.10. The van der Waals surface area contributed by atoms with Gasteiger partial charge in [-0.05, 0) is 28.9 Å². The number of pyridine rings is 1. The minimum Gasteiger partial charge on any atom is -0.237 e. The van der Waals surface area contributed by atoms with Gasteiger partial charge in [-0.2, -0.15) is 5.10 Å². The zero-order valence-electron chi connectivity index (χ0n) is 6.38. The van der Waals surface area contributed by atoms with Gasteiger partial charge in [0, 0.05) is 11.8 Å². The Hall–Kier alpha value is -0.900. The molecule has 2 rings (SSSR count). The van der Waals surface area contributed by atoms with Gasteiger partial charge in [-0.3, -0.25) is 0 Å². The van der Waals surface area contributed by atoms with E-state index >= 15 is 0 Å². The van der Waals surface area contributed by atoms with Gasteiger partial charge in [0.2, 0.25) is 0 Å². The summed E-state index contributed by atoms with van der Waals surface area (Å²) < 4.78 is 15.4. The van der Waals surface area contributed by atoms with Gasteiger partial charge < -0.3 is 0 Å². The van der Waals surface area contributed by atoms with Gasteiger partial charge in [0.05, 0.1) is 16.2 Å². The van der Waals surface area contributed by atoms with E-state index in [9.17, 15) is 4.39 Å². The number of nitrogens with zero attached hydrogens (tertiary/aromatic N) is 2. The fourth-order valence-electron chi connectivity index (χ4n) is 1.18. The molecule has 4 heteroatoms. The van der Waals surface area contributed by atoms with E-state index in [1.165, 1.54) is 12.1 Å². The van der Waals surface area contributed by atoms with E-state index in [0.717, 1.165) is 15.7 Å². The minimum atomic E-state index is -0.235. The average Bonchev–Trinajstić information content (AvgIpc) is 2.33. The Morgan fingerprint density at radius 2 is 2.25 bits per heavy atom. The Labute approximate surface area is 77.1 Å². The molecule has 2 nitrogen and oxygen atoms in total. The average molecular weight is 229 g/mol. The summed E-state index contributed by atoms with van der Waals surface area (Å²) in [4.78, 5) is 0. The number of aromatic nitrogens is 2. The molecule has 0 atom stereocenters. The fraction of sp³-hybridized carbons (Fsp3) is 0.125. The first-order valence-corrected chi connectivity index (χ1v) is 4.27. The van der Waals surface area contributed by atoms with Crippen molar-refractivity contribution in [3.63, 3.8) is 0 Å².